The Labute approximate surface area is 208 Å². The summed E-state index contributed by atoms with van der Waals surface area (Å²) in [6.45, 7) is 6.59. The topological polar surface area (TPSA) is 135 Å². The van der Waals surface area contributed by atoms with E-state index in [0.29, 0.717) is 29.3 Å². The third-order valence-electron chi connectivity index (χ3n) is 6.85. The number of benzene rings is 1. The van der Waals surface area contributed by atoms with E-state index in [1.807, 2.05) is 0 Å². The Balaban J connectivity index is 1.63. The van der Waals surface area contributed by atoms with Gasteiger partial charge in [0, 0.05) is 28.6 Å². The lowest BCUT2D eigenvalue weighted by molar-refractivity contribution is -0.384. The summed E-state index contributed by atoms with van der Waals surface area (Å²) < 4.78 is 23.7. The second-order valence-electron chi connectivity index (χ2n) is 10.3. The summed E-state index contributed by atoms with van der Waals surface area (Å²) in [4.78, 5) is 37.7. The lowest BCUT2D eigenvalue weighted by Gasteiger charge is -2.33. The van der Waals surface area contributed by atoms with Gasteiger partial charge in [-0.25, -0.2) is 8.42 Å². The molecule has 11 heteroatoms. The smallest absolute Gasteiger partial charge is 0.269 e. The Morgan fingerprint density at radius 1 is 1.11 bits per heavy atom. The first-order valence-electron chi connectivity index (χ1n) is 11.6. The summed E-state index contributed by atoms with van der Waals surface area (Å²) in [5.74, 6) is -0.442. The van der Waals surface area contributed by atoms with E-state index in [1.165, 1.54) is 35.6 Å². The van der Waals surface area contributed by atoms with Gasteiger partial charge < -0.3 is 10.6 Å². The van der Waals surface area contributed by atoms with Gasteiger partial charge in [0.1, 0.15) is 5.00 Å². The number of anilines is 1. The van der Waals surface area contributed by atoms with Gasteiger partial charge in [-0.15, -0.1) is 11.3 Å². The number of amides is 2. The Bertz CT molecular complexity index is 1280. The Hall–Kier alpha value is -2.79. The van der Waals surface area contributed by atoms with E-state index in [-0.39, 0.29) is 34.1 Å². The van der Waals surface area contributed by atoms with Crippen LogP contribution in [0.25, 0.3) is 0 Å². The quantitative estimate of drug-likeness (QED) is 0.453. The number of nitro benzene ring substituents is 1. The molecule has 2 aromatic rings. The molecular formula is C24H29N3O6S2. The molecule has 1 aliphatic heterocycles. The van der Waals surface area contributed by atoms with Crippen LogP contribution in [0.2, 0.25) is 0 Å². The molecule has 0 saturated carbocycles. The number of fused-ring (bicyclic) bond motifs is 1. The van der Waals surface area contributed by atoms with Gasteiger partial charge in [-0.1, -0.05) is 20.8 Å². The van der Waals surface area contributed by atoms with Crippen LogP contribution in [-0.2, 0) is 22.7 Å². The maximum Gasteiger partial charge on any atom is 0.269 e. The van der Waals surface area contributed by atoms with Crippen molar-refractivity contribution in [2.45, 2.75) is 52.5 Å². The summed E-state index contributed by atoms with van der Waals surface area (Å²) in [6.07, 6.45) is 2.79. The van der Waals surface area contributed by atoms with Gasteiger partial charge in [0.05, 0.1) is 22.0 Å². The fourth-order valence-electron chi connectivity index (χ4n) is 4.73. The van der Waals surface area contributed by atoms with Crippen LogP contribution in [0.4, 0.5) is 10.7 Å². The molecule has 2 amide bonds. The number of hydrogen-bond acceptors (Lipinski definition) is 7. The van der Waals surface area contributed by atoms with E-state index in [2.05, 4.69) is 31.4 Å². The molecule has 1 aliphatic carbocycles. The number of hydrogen-bond donors (Lipinski definition) is 2. The monoisotopic (exact) mass is 519 g/mol. The lowest BCUT2D eigenvalue weighted by Crippen LogP contribution is -2.36. The van der Waals surface area contributed by atoms with Gasteiger partial charge in [-0.05, 0) is 54.7 Å². The van der Waals surface area contributed by atoms with Gasteiger partial charge in [0.15, 0.2) is 9.84 Å². The van der Waals surface area contributed by atoms with E-state index < -0.39 is 26.7 Å². The SMILES string of the molecule is CC(C)(C)C1CCc2c(sc(NC(=O)c3ccc([N+](=O)[O-])cc3)c2C(=O)NC2CCS(=O)(=O)C2)C1. The molecule has 1 saturated heterocycles. The maximum absolute atomic E-state index is 13.4. The third kappa shape index (κ3) is 5.56. The van der Waals surface area contributed by atoms with E-state index in [1.54, 1.807) is 0 Å². The summed E-state index contributed by atoms with van der Waals surface area (Å²) in [5.41, 5.74) is 1.53. The number of nitrogens with zero attached hydrogens (tertiary/aromatic N) is 1. The number of carbonyl (C=O) groups is 2. The first kappa shape index (κ1) is 25.3. The molecule has 188 valence electrons. The van der Waals surface area contributed by atoms with Crippen LogP contribution in [0, 0.1) is 21.4 Å². The molecule has 2 atom stereocenters. The summed E-state index contributed by atoms with van der Waals surface area (Å²) in [5, 5.41) is 17.0. The van der Waals surface area contributed by atoms with Crippen LogP contribution >= 0.6 is 11.3 Å². The normalized spacial score (nSPS) is 21.2. The molecule has 0 spiro atoms. The van der Waals surface area contributed by atoms with Crippen molar-refractivity contribution in [3.63, 3.8) is 0 Å². The van der Waals surface area contributed by atoms with Crippen LogP contribution in [-0.4, -0.2) is 42.7 Å². The van der Waals surface area contributed by atoms with Crippen molar-refractivity contribution in [1.29, 1.82) is 0 Å². The van der Waals surface area contributed by atoms with Crippen molar-refractivity contribution in [2.75, 3.05) is 16.8 Å². The first-order chi connectivity index (χ1) is 16.3. The summed E-state index contributed by atoms with van der Waals surface area (Å²) in [6, 6.07) is 4.82. The van der Waals surface area contributed by atoms with E-state index in [4.69, 9.17) is 0 Å². The Kier molecular flexibility index (Phi) is 6.76. The number of nitrogens with one attached hydrogen (secondary N) is 2. The number of sulfone groups is 1. The van der Waals surface area contributed by atoms with E-state index >= 15 is 0 Å². The molecule has 9 nitrogen and oxygen atoms in total. The van der Waals surface area contributed by atoms with E-state index in [9.17, 15) is 28.1 Å². The highest BCUT2D eigenvalue weighted by Gasteiger charge is 2.36. The second-order valence-corrected chi connectivity index (χ2v) is 13.7. The summed E-state index contributed by atoms with van der Waals surface area (Å²) in [7, 11) is -3.16. The highest BCUT2D eigenvalue weighted by molar-refractivity contribution is 7.91. The largest absolute Gasteiger partial charge is 0.348 e. The number of carbonyl (C=O) groups excluding carboxylic acids is 2. The minimum Gasteiger partial charge on any atom is -0.348 e. The van der Waals surface area contributed by atoms with Crippen molar-refractivity contribution in [2.24, 2.45) is 11.3 Å². The zero-order valence-corrected chi connectivity index (χ0v) is 21.6. The molecule has 0 bridgehead atoms. The maximum atomic E-state index is 13.4. The van der Waals surface area contributed by atoms with Crippen molar-refractivity contribution >= 4 is 43.7 Å². The van der Waals surface area contributed by atoms with Crippen LogP contribution in [0.15, 0.2) is 24.3 Å². The standard InChI is InChI=1S/C24H29N3O6S2/c1-24(2,3)15-6-9-18-19(12-15)34-23(20(18)22(29)25-16-10-11-35(32,33)13-16)26-21(28)14-4-7-17(8-5-14)27(30)31/h4-5,7-8,15-16H,6,9-13H2,1-3H3,(H,25,29)(H,26,28). The van der Waals surface area contributed by atoms with Crippen LogP contribution < -0.4 is 10.6 Å². The Morgan fingerprint density at radius 2 is 1.80 bits per heavy atom. The zero-order valence-electron chi connectivity index (χ0n) is 19.9. The first-order valence-corrected chi connectivity index (χ1v) is 14.2. The summed E-state index contributed by atoms with van der Waals surface area (Å²) >= 11 is 1.38. The van der Waals surface area contributed by atoms with Gasteiger partial charge in [0.25, 0.3) is 17.5 Å². The molecule has 4 rings (SSSR count). The van der Waals surface area contributed by atoms with Gasteiger partial charge in [-0.3, -0.25) is 19.7 Å². The predicted octanol–water partition coefficient (Wildman–Crippen LogP) is 3.98. The van der Waals surface area contributed by atoms with Crippen molar-refractivity contribution in [3.05, 3.63) is 55.9 Å². The van der Waals surface area contributed by atoms with Gasteiger partial charge in [0.2, 0.25) is 0 Å². The molecule has 2 N–H and O–H groups in total. The third-order valence-corrected chi connectivity index (χ3v) is 9.79. The number of rotatable bonds is 5. The van der Waals surface area contributed by atoms with Crippen molar-refractivity contribution in [1.82, 2.24) is 5.32 Å². The number of non-ortho nitro benzene ring substituents is 1. The van der Waals surface area contributed by atoms with E-state index in [0.717, 1.165) is 23.3 Å². The highest BCUT2D eigenvalue weighted by Crippen LogP contribution is 2.44. The minimum absolute atomic E-state index is 0.0523. The molecule has 1 aromatic carbocycles. The average Bonchev–Trinajstić information content (AvgIpc) is 3.30. The molecule has 2 aliphatic rings. The molecule has 0 radical (unpaired) electrons. The molecule has 2 unspecified atom stereocenters. The van der Waals surface area contributed by atoms with Crippen molar-refractivity contribution < 1.29 is 22.9 Å². The molecular weight excluding hydrogens is 490 g/mol. The van der Waals surface area contributed by atoms with Crippen LogP contribution in [0.1, 0.15) is 64.8 Å². The molecule has 35 heavy (non-hydrogen) atoms. The van der Waals surface area contributed by atoms with Gasteiger partial charge >= 0.3 is 0 Å². The van der Waals surface area contributed by atoms with Crippen LogP contribution in [0.5, 0.6) is 0 Å². The average molecular weight is 520 g/mol. The molecule has 1 fully saturated rings. The molecule has 1 aromatic heterocycles. The number of nitro groups is 1. The fraction of sp³-hybridized carbons (Fsp3) is 0.500. The number of thiophene rings is 1. The predicted molar refractivity (Wildman–Crippen MR) is 135 cm³/mol. The van der Waals surface area contributed by atoms with Gasteiger partial charge in [-0.2, -0.15) is 0 Å². The minimum atomic E-state index is -3.16. The second kappa shape index (κ2) is 9.34. The highest BCUT2D eigenvalue weighted by atomic mass is 32.2. The van der Waals surface area contributed by atoms with Crippen molar-refractivity contribution in [3.8, 4) is 0 Å². The lowest BCUT2D eigenvalue weighted by atomic mass is 9.72. The fourth-order valence-corrected chi connectivity index (χ4v) is 7.72. The molecule has 2 heterocycles. The van der Waals surface area contributed by atoms with Crippen LogP contribution in [0.3, 0.4) is 0 Å². The Morgan fingerprint density at radius 3 is 2.37 bits per heavy atom. The zero-order chi connectivity index (χ0) is 25.5.